The van der Waals surface area contributed by atoms with Crippen LogP contribution in [0.4, 0.5) is 0 Å². The second-order valence-corrected chi connectivity index (χ2v) is 3.21. The Bertz CT molecular complexity index is 331. The molecule has 0 saturated heterocycles. The first kappa shape index (κ1) is 11.8. The highest BCUT2D eigenvalue weighted by Crippen LogP contribution is 2.14. The maximum absolute atomic E-state index is 11.5. The first-order chi connectivity index (χ1) is 7.22. The van der Waals surface area contributed by atoms with E-state index in [1.54, 1.807) is 6.92 Å². The molecule has 0 unspecified atom stereocenters. The Labute approximate surface area is 89.6 Å². The fourth-order valence-electron chi connectivity index (χ4n) is 1.32. The first-order valence-corrected chi connectivity index (χ1v) is 5.38. The van der Waals surface area contributed by atoms with Gasteiger partial charge in [-0.25, -0.2) is 9.78 Å². The second kappa shape index (κ2) is 5.53. The molecule has 0 aliphatic rings. The van der Waals surface area contributed by atoms with Gasteiger partial charge in [-0.1, -0.05) is 13.8 Å². The van der Waals surface area contributed by atoms with Crippen LogP contribution < -0.4 is 0 Å². The van der Waals surface area contributed by atoms with Gasteiger partial charge in [0.1, 0.15) is 0 Å². The van der Waals surface area contributed by atoms with Crippen LogP contribution in [0.1, 0.15) is 49.3 Å². The number of carbonyl (C=O) groups is 1. The van der Waals surface area contributed by atoms with Gasteiger partial charge in [-0.2, -0.15) is 0 Å². The molecule has 0 amide bonds. The van der Waals surface area contributed by atoms with E-state index >= 15 is 0 Å². The quantitative estimate of drug-likeness (QED) is 0.701. The van der Waals surface area contributed by atoms with Gasteiger partial charge in [0, 0.05) is 6.42 Å². The zero-order valence-corrected chi connectivity index (χ0v) is 9.50. The van der Waals surface area contributed by atoms with Crippen LogP contribution in [0.15, 0.2) is 4.42 Å². The van der Waals surface area contributed by atoms with E-state index in [2.05, 4.69) is 4.98 Å². The molecular weight excluding hydrogens is 194 g/mol. The Morgan fingerprint density at radius 3 is 2.67 bits per heavy atom. The predicted molar refractivity (Wildman–Crippen MR) is 55.8 cm³/mol. The van der Waals surface area contributed by atoms with E-state index in [-0.39, 0.29) is 5.76 Å². The van der Waals surface area contributed by atoms with E-state index in [4.69, 9.17) is 9.15 Å². The smallest absolute Gasteiger partial charge is 0.376 e. The molecule has 0 radical (unpaired) electrons. The number of hydrogen-bond donors (Lipinski definition) is 0. The monoisotopic (exact) mass is 211 g/mol. The Balaban J connectivity index is 2.89. The summed E-state index contributed by atoms with van der Waals surface area (Å²) in [6, 6.07) is 0. The zero-order valence-electron chi connectivity index (χ0n) is 9.50. The van der Waals surface area contributed by atoms with Crippen LogP contribution in [0.25, 0.3) is 0 Å². The maximum atomic E-state index is 11.5. The van der Waals surface area contributed by atoms with Crippen molar-refractivity contribution in [3.05, 3.63) is 17.3 Å². The molecule has 1 aromatic rings. The minimum Gasteiger partial charge on any atom is -0.460 e. The average molecular weight is 211 g/mol. The molecule has 0 spiro atoms. The summed E-state index contributed by atoms with van der Waals surface area (Å²) in [5, 5.41) is 0. The highest BCUT2D eigenvalue weighted by atomic mass is 16.5. The SMILES string of the molecule is CCCc1nc(CC)c(C(=O)OCC)o1. The standard InChI is InChI=1S/C11H17NO3/c1-4-7-9-12-8(5-2)10(15-9)11(13)14-6-3/h4-7H2,1-3H3. The third kappa shape index (κ3) is 2.81. The number of nitrogens with zero attached hydrogens (tertiary/aromatic N) is 1. The number of hydrogen-bond acceptors (Lipinski definition) is 4. The summed E-state index contributed by atoms with van der Waals surface area (Å²) in [4.78, 5) is 15.7. The number of rotatable bonds is 5. The molecule has 15 heavy (non-hydrogen) atoms. The number of carbonyl (C=O) groups excluding carboxylic acids is 1. The largest absolute Gasteiger partial charge is 0.460 e. The Hall–Kier alpha value is -1.32. The Morgan fingerprint density at radius 2 is 2.13 bits per heavy atom. The molecular formula is C11H17NO3. The van der Waals surface area contributed by atoms with E-state index < -0.39 is 5.97 Å². The lowest BCUT2D eigenvalue weighted by molar-refractivity contribution is 0.0486. The van der Waals surface area contributed by atoms with Crippen LogP contribution in [0.3, 0.4) is 0 Å². The minimum absolute atomic E-state index is 0.266. The van der Waals surface area contributed by atoms with Gasteiger partial charge in [0.25, 0.3) is 0 Å². The molecule has 0 fully saturated rings. The first-order valence-electron chi connectivity index (χ1n) is 5.38. The molecule has 4 nitrogen and oxygen atoms in total. The number of aryl methyl sites for hydroxylation is 2. The maximum Gasteiger partial charge on any atom is 0.376 e. The molecule has 1 heterocycles. The van der Waals surface area contributed by atoms with Crippen LogP contribution in [0.5, 0.6) is 0 Å². The molecule has 0 aliphatic heterocycles. The Kier molecular flexibility index (Phi) is 4.34. The molecule has 84 valence electrons. The van der Waals surface area contributed by atoms with Crippen LogP contribution in [0.2, 0.25) is 0 Å². The van der Waals surface area contributed by atoms with Gasteiger partial charge in [-0.15, -0.1) is 0 Å². The molecule has 1 rings (SSSR count). The van der Waals surface area contributed by atoms with Gasteiger partial charge in [-0.05, 0) is 19.8 Å². The third-order valence-corrected chi connectivity index (χ3v) is 2.00. The topological polar surface area (TPSA) is 52.3 Å². The number of ether oxygens (including phenoxy) is 1. The predicted octanol–water partition coefficient (Wildman–Crippen LogP) is 2.37. The second-order valence-electron chi connectivity index (χ2n) is 3.21. The highest BCUT2D eigenvalue weighted by molar-refractivity contribution is 5.87. The summed E-state index contributed by atoms with van der Waals surface area (Å²) >= 11 is 0. The van der Waals surface area contributed by atoms with Crippen molar-refractivity contribution in [2.45, 2.75) is 40.0 Å². The molecule has 0 aliphatic carbocycles. The van der Waals surface area contributed by atoms with Gasteiger partial charge in [-0.3, -0.25) is 0 Å². The molecule has 0 atom stereocenters. The molecule has 0 N–H and O–H groups in total. The van der Waals surface area contributed by atoms with E-state index in [9.17, 15) is 4.79 Å². The zero-order chi connectivity index (χ0) is 11.3. The van der Waals surface area contributed by atoms with Crippen molar-refractivity contribution in [3.8, 4) is 0 Å². The average Bonchev–Trinajstić information content (AvgIpc) is 2.62. The van der Waals surface area contributed by atoms with Crippen LogP contribution in [-0.4, -0.2) is 17.6 Å². The molecule has 0 saturated carbocycles. The number of esters is 1. The molecule has 4 heteroatoms. The molecule has 0 bridgehead atoms. The van der Waals surface area contributed by atoms with Crippen LogP contribution in [0, 0.1) is 0 Å². The van der Waals surface area contributed by atoms with E-state index in [1.807, 2.05) is 13.8 Å². The summed E-state index contributed by atoms with van der Waals surface area (Å²) in [6.07, 6.45) is 2.39. The molecule has 0 aromatic carbocycles. The van der Waals surface area contributed by atoms with Crippen LogP contribution >= 0.6 is 0 Å². The lowest BCUT2D eigenvalue weighted by Gasteiger charge is -1.98. The summed E-state index contributed by atoms with van der Waals surface area (Å²) in [5.41, 5.74) is 0.692. The van der Waals surface area contributed by atoms with E-state index in [0.29, 0.717) is 24.6 Å². The van der Waals surface area contributed by atoms with Gasteiger partial charge in [0.05, 0.1) is 12.3 Å². The van der Waals surface area contributed by atoms with Crippen molar-refractivity contribution in [1.29, 1.82) is 0 Å². The number of oxazole rings is 1. The third-order valence-electron chi connectivity index (χ3n) is 2.00. The van der Waals surface area contributed by atoms with Gasteiger partial charge in [0.2, 0.25) is 5.76 Å². The number of aromatic nitrogens is 1. The minimum atomic E-state index is -0.413. The highest BCUT2D eigenvalue weighted by Gasteiger charge is 2.19. The van der Waals surface area contributed by atoms with Crippen molar-refractivity contribution in [3.63, 3.8) is 0 Å². The van der Waals surface area contributed by atoms with Crippen molar-refractivity contribution < 1.29 is 13.9 Å². The fraction of sp³-hybridized carbons (Fsp3) is 0.636. The fourth-order valence-corrected chi connectivity index (χ4v) is 1.32. The van der Waals surface area contributed by atoms with Gasteiger partial charge < -0.3 is 9.15 Å². The summed E-state index contributed by atoms with van der Waals surface area (Å²) in [7, 11) is 0. The van der Waals surface area contributed by atoms with Crippen molar-refractivity contribution >= 4 is 5.97 Å². The van der Waals surface area contributed by atoms with Crippen molar-refractivity contribution in [2.24, 2.45) is 0 Å². The van der Waals surface area contributed by atoms with E-state index in [0.717, 1.165) is 12.8 Å². The lowest BCUT2D eigenvalue weighted by Crippen LogP contribution is -2.05. The van der Waals surface area contributed by atoms with Gasteiger partial charge >= 0.3 is 5.97 Å². The Morgan fingerprint density at radius 1 is 1.40 bits per heavy atom. The normalized spacial score (nSPS) is 10.3. The lowest BCUT2D eigenvalue weighted by atomic mass is 10.3. The van der Waals surface area contributed by atoms with Crippen molar-refractivity contribution in [2.75, 3.05) is 6.61 Å². The van der Waals surface area contributed by atoms with Gasteiger partial charge in [0.15, 0.2) is 5.89 Å². The summed E-state index contributed by atoms with van der Waals surface area (Å²) in [6.45, 7) is 6.11. The summed E-state index contributed by atoms with van der Waals surface area (Å²) in [5.74, 6) is 0.476. The van der Waals surface area contributed by atoms with E-state index in [1.165, 1.54) is 0 Å². The van der Waals surface area contributed by atoms with Crippen molar-refractivity contribution in [1.82, 2.24) is 4.98 Å². The van der Waals surface area contributed by atoms with Crippen LogP contribution in [-0.2, 0) is 17.6 Å². The molecule has 1 aromatic heterocycles. The summed E-state index contributed by atoms with van der Waals surface area (Å²) < 4.78 is 10.3.